The molecule has 4 rings (SSSR count). The minimum Gasteiger partial charge on any atom is -0.497 e. The monoisotopic (exact) mass is 349 g/mol. The van der Waals surface area contributed by atoms with Crippen molar-refractivity contribution in [1.82, 2.24) is 19.4 Å². The maximum atomic E-state index is 12.4. The summed E-state index contributed by atoms with van der Waals surface area (Å²) in [4.78, 5) is 25.3. The summed E-state index contributed by atoms with van der Waals surface area (Å²) >= 11 is 0. The summed E-state index contributed by atoms with van der Waals surface area (Å²) in [5.74, 6) is 1.28. The predicted molar refractivity (Wildman–Crippen MR) is 95.8 cm³/mol. The first-order valence-corrected chi connectivity index (χ1v) is 7.82. The molecule has 0 saturated heterocycles. The molecular weight excluding hydrogens is 334 g/mol. The lowest BCUT2D eigenvalue weighted by Gasteiger charge is -2.05. The number of ether oxygens (including phenoxy) is 2. The van der Waals surface area contributed by atoms with E-state index in [-0.39, 0.29) is 11.6 Å². The van der Waals surface area contributed by atoms with Crippen LogP contribution in [0, 0.1) is 0 Å². The zero-order chi connectivity index (χ0) is 18.1. The summed E-state index contributed by atoms with van der Waals surface area (Å²) < 4.78 is 12.0. The number of anilines is 1. The van der Waals surface area contributed by atoms with Crippen LogP contribution in [0.1, 0.15) is 10.5 Å². The van der Waals surface area contributed by atoms with Gasteiger partial charge < -0.3 is 14.8 Å². The standard InChI is InChI=1S/C18H15N5O3/c1-25-12-4-5-15-14(9-12)22-18-21-13(7-8-23(15)18)17(24)20-11-3-6-16(26-2)19-10-11/h3-10H,1-2H3,(H,20,24). The molecule has 1 amide bonds. The largest absolute Gasteiger partial charge is 0.497 e. The molecule has 0 atom stereocenters. The minimum absolute atomic E-state index is 0.260. The summed E-state index contributed by atoms with van der Waals surface area (Å²) in [6.45, 7) is 0. The Morgan fingerprint density at radius 3 is 2.69 bits per heavy atom. The highest BCUT2D eigenvalue weighted by Gasteiger charge is 2.12. The average Bonchev–Trinajstić information content (AvgIpc) is 3.05. The van der Waals surface area contributed by atoms with Crippen molar-refractivity contribution in [2.45, 2.75) is 0 Å². The molecule has 8 nitrogen and oxygen atoms in total. The normalized spacial score (nSPS) is 10.8. The quantitative estimate of drug-likeness (QED) is 0.609. The van der Waals surface area contributed by atoms with Crippen LogP contribution in [-0.4, -0.2) is 39.5 Å². The Morgan fingerprint density at radius 1 is 1.08 bits per heavy atom. The number of methoxy groups -OCH3 is 2. The van der Waals surface area contributed by atoms with Gasteiger partial charge in [-0.3, -0.25) is 9.20 Å². The van der Waals surface area contributed by atoms with Crippen molar-refractivity contribution in [3.63, 3.8) is 0 Å². The van der Waals surface area contributed by atoms with Gasteiger partial charge in [0, 0.05) is 18.3 Å². The van der Waals surface area contributed by atoms with Crippen LogP contribution in [-0.2, 0) is 0 Å². The smallest absolute Gasteiger partial charge is 0.274 e. The molecule has 0 aliphatic rings. The highest BCUT2D eigenvalue weighted by molar-refractivity contribution is 6.03. The van der Waals surface area contributed by atoms with E-state index in [1.54, 1.807) is 31.5 Å². The van der Waals surface area contributed by atoms with Gasteiger partial charge in [-0.2, -0.15) is 0 Å². The van der Waals surface area contributed by atoms with Crippen molar-refractivity contribution in [2.24, 2.45) is 0 Å². The summed E-state index contributed by atoms with van der Waals surface area (Å²) in [5, 5.41) is 2.75. The van der Waals surface area contributed by atoms with Crippen molar-refractivity contribution in [2.75, 3.05) is 19.5 Å². The second-order valence-corrected chi connectivity index (χ2v) is 5.49. The van der Waals surface area contributed by atoms with E-state index in [1.807, 2.05) is 22.6 Å². The molecule has 130 valence electrons. The van der Waals surface area contributed by atoms with Crippen molar-refractivity contribution in [3.05, 3.63) is 54.5 Å². The Hall–Kier alpha value is -3.68. The first-order chi connectivity index (χ1) is 12.7. The second kappa shape index (κ2) is 6.32. The predicted octanol–water partition coefficient (Wildman–Crippen LogP) is 2.55. The second-order valence-electron chi connectivity index (χ2n) is 5.49. The minimum atomic E-state index is -0.343. The number of amides is 1. The molecule has 3 heterocycles. The van der Waals surface area contributed by atoms with Crippen LogP contribution >= 0.6 is 0 Å². The molecule has 8 heteroatoms. The van der Waals surface area contributed by atoms with Crippen LogP contribution in [0.25, 0.3) is 16.8 Å². The van der Waals surface area contributed by atoms with Gasteiger partial charge in [-0.15, -0.1) is 0 Å². The van der Waals surface area contributed by atoms with Gasteiger partial charge in [-0.1, -0.05) is 0 Å². The number of carbonyl (C=O) groups excluding carboxylic acids is 1. The molecule has 4 aromatic rings. The number of fused-ring (bicyclic) bond motifs is 3. The topological polar surface area (TPSA) is 90.6 Å². The highest BCUT2D eigenvalue weighted by Crippen LogP contribution is 2.21. The van der Waals surface area contributed by atoms with E-state index in [9.17, 15) is 4.79 Å². The van der Waals surface area contributed by atoms with Gasteiger partial charge in [0.05, 0.1) is 37.1 Å². The van der Waals surface area contributed by atoms with Gasteiger partial charge in [0.2, 0.25) is 11.7 Å². The van der Waals surface area contributed by atoms with E-state index in [0.717, 1.165) is 11.0 Å². The van der Waals surface area contributed by atoms with E-state index in [0.29, 0.717) is 23.1 Å². The lowest BCUT2D eigenvalue weighted by atomic mass is 10.3. The van der Waals surface area contributed by atoms with Gasteiger partial charge in [-0.25, -0.2) is 15.0 Å². The van der Waals surface area contributed by atoms with Gasteiger partial charge >= 0.3 is 0 Å². The maximum absolute atomic E-state index is 12.4. The molecule has 0 bridgehead atoms. The molecule has 26 heavy (non-hydrogen) atoms. The van der Waals surface area contributed by atoms with Crippen LogP contribution in [0.4, 0.5) is 5.69 Å². The van der Waals surface area contributed by atoms with E-state index < -0.39 is 0 Å². The zero-order valence-corrected chi connectivity index (χ0v) is 14.1. The Labute approximate surface area is 148 Å². The molecule has 1 aromatic carbocycles. The number of rotatable bonds is 4. The fourth-order valence-corrected chi connectivity index (χ4v) is 2.61. The van der Waals surface area contributed by atoms with E-state index in [2.05, 4.69) is 20.3 Å². The SMILES string of the molecule is COc1ccc2c(c1)nc1nc(C(=O)Nc3ccc(OC)nc3)ccn12. The number of aromatic nitrogens is 4. The summed E-state index contributed by atoms with van der Waals surface area (Å²) in [7, 11) is 3.13. The Kier molecular flexibility index (Phi) is 3.85. The number of hydrogen-bond acceptors (Lipinski definition) is 6. The van der Waals surface area contributed by atoms with Crippen molar-refractivity contribution in [1.29, 1.82) is 0 Å². The number of nitrogens with one attached hydrogen (secondary N) is 1. The maximum Gasteiger partial charge on any atom is 0.274 e. The number of hydrogen-bond donors (Lipinski definition) is 1. The van der Waals surface area contributed by atoms with Crippen molar-refractivity contribution >= 4 is 28.4 Å². The molecule has 0 saturated carbocycles. The summed E-state index contributed by atoms with van der Waals surface area (Å²) in [5.41, 5.74) is 2.44. The first-order valence-electron chi connectivity index (χ1n) is 7.82. The van der Waals surface area contributed by atoms with Gasteiger partial charge in [0.15, 0.2) is 0 Å². The fraction of sp³-hybridized carbons (Fsp3) is 0.111. The Balaban J connectivity index is 1.65. The van der Waals surface area contributed by atoms with E-state index in [4.69, 9.17) is 9.47 Å². The molecule has 0 spiro atoms. The number of benzene rings is 1. The fourth-order valence-electron chi connectivity index (χ4n) is 2.61. The lowest BCUT2D eigenvalue weighted by Crippen LogP contribution is -2.14. The third-order valence-corrected chi connectivity index (χ3v) is 3.92. The highest BCUT2D eigenvalue weighted by atomic mass is 16.5. The molecule has 0 aliphatic carbocycles. The summed E-state index contributed by atoms with van der Waals surface area (Å²) in [6, 6.07) is 10.6. The van der Waals surface area contributed by atoms with Crippen LogP contribution in [0.3, 0.4) is 0 Å². The van der Waals surface area contributed by atoms with Crippen LogP contribution < -0.4 is 14.8 Å². The molecule has 1 N–H and O–H groups in total. The number of carbonyl (C=O) groups is 1. The van der Waals surface area contributed by atoms with Gasteiger partial charge in [0.25, 0.3) is 5.91 Å². The lowest BCUT2D eigenvalue weighted by molar-refractivity contribution is 0.102. The molecule has 0 aliphatic heterocycles. The number of pyridine rings is 1. The van der Waals surface area contributed by atoms with Gasteiger partial charge in [-0.05, 0) is 24.3 Å². The van der Waals surface area contributed by atoms with Crippen molar-refractivity contribution < 1.29 is 14.3 Å². The van der Waals surface area contributed by atoms with Crippen LogP contribution in [0.5, 0.6) is 11.6 Å². The third kappa shape index (κ3) is 2.77. The summed E-state index contributed by atoms with van der Waals surface area (Å²) in [6.07, 6.45) is 3.29. The number of imidazole rings is 1. The molecule has 3 aromatic heterocycles. The zero-order valence-electron chi connectivity index (χ0n) is 14.1. The number of nitrogens with zero attached hydrogens (tertiary/aromatic N) is 4. The van der Waals surface area contributed by atoms with E-state index in [1.165, 1.54) is 13.3 Å². The average molecular weight is 349 g/mol. The Morgan fingerprint density at radius 2 is 1.96 bits per heavy atom. The van der Waals surface area contributed by atoms with Gasteiger partial charge in [0.1, 0.15) is 11.4 Å². The molecule has 0 radical (unpaired) electrons. The molecule has 0 fully saturated rings. The first kappa shape index (κ1) is 15.8. The molecular formula is C18H15N5O3. The van der Waals surface area contributed by atoms with Crippen LogP contribution in [0.2, 0.25) is 0 Å². The third-order valence-electron chi connectivity index (χ3n) is 3.92. The molecule has 0 unspecified atom stereocenters. The van der Waals surface area contributed by atoms with Crippen molar-refractivity contribution in [3.8, 4) is 11.6 Å². The van der Waals surface area contributed by atoms with Crippen LogP contribution in [0.15, 0.2) is 48.8 Å². The Bertz CT molecular complexity index is 1110. The van der Waals surface area contributed by atoms with E-state index >= 15 is 0 Å².